The molecular formula is C27H28N4O3. The molecule has 0 amide bonds. The Hall–Kier alpha value is -4.00. The predicted molar refractivity (Wildman–Crippen MR) is 133 cm³/mol. The molecule has 3 aromatic heterocycles. The maximum atomic E-state index is 11.4. The van der Waals surface area contributed by atoms with Crippen molar-refractivity contribution in [2.24, 2.45) is 0 Å². The Labute approximate surface area is 198 Å². The van der Waals surface area contributed by atoms with Crippen molar-refractivity contribution in [3.63, 3.8) is 0 Å². The van der Waals surface area contributed by atoms with Gasteiger partial charge in [-0.2, -0.15) is 5.10 Å². The molecule has 5 aromatic rings. The van der Waals surface area contributed by atoms with Crippen LogP contribution in [-0.2, 0) is 5.41 Å². The van der Waals surface area contributed by atoms with Gasteiger partial charge in [0.2, 0.25) is 5.88 Å². The molecule has 0 radical (unpaired) electrons. The topological polar surface area (TPSA) is 89.1 Å². The zero-order chi connectivity index (χ0) is 24.2. The SMILES string of the molecule is COc1ccccc1-c1c2c(C(C)(C)C)n[nH]c2c(O)n1-c1ccc(-c2c(C)noc2C)cc1. The van der Waals surface area contributed by atoms with Crippen LogP contribution in [0.4, 0.5) is 0 Å². The van der Waals surface area contributed by atoms with Crippen LogP contribution < -0.4 is 4.74 Å². The highest BCUT2D eigenvalue weighted by molar-refractivity contribution is 6.02. The fraction of sp³-hybridized carbons (Fsp3) is 0.259. The number of ether oxygens (including phenoxy) is 1. The smallest absolute Gasteiger partial charge is 0.222 e. The van der Waals surface area contributed by atoms with Crippen LogP contribution in [-0.4, -0.2) is 32.1 Å². The van der Waals surface area contributed by atoms with Crippen LogP contribution in [0.3, 0.4) is 0 Å². The summed E-state index contributed by atoms with van der Waals surface area (Å²) in [6, 6.07) is 15.8. The third-order valence-electron chi connectivity index (χ3n) is 6.18. The number of hydrogen-bond donors (Lipinski definition) is 2. The van der Waals surface area contributed by atoms with Gasteiger partial charge in [0.1, 0.15) is 17.0 Å². The van der Waals surface area contributed by atoms with Gasteiger partial charge >= 0.3 is 0 Å². The molecule has 3 heterocycles. The number of rotatable bonds is 4. The molecule has 0 atom stereocenters. The maximum Gasteiger partial charge on any atom is 0.222 e. The number of methoxy groups -OCH3 is 1. The minimum absolute atomic E-state index is 0.101. The number of aryl methyl sites for hydroxylation is 2. The quantitative estimate of drug-likeness (QED) is 0.331. The summed E-state index contributed by atoms with van der Waals surface area (Å²) in [5.41, 5.74) is 6.60. The van der Waals surface area contributed by atoms with Crippen molar-refractivity contribution in [3.05, 3.63) is 65.7 Å². The Morgan fingerprint density at radius 1 is 1.03 bits per heavy atom. The molecular weight excluding hydrogens is 428 g/mol. The molecule has 0 aliphatic carbocycles. The molecule has 0 bridgehead atoms. The lowest BCUT2D eigenvalue weighted by molar-refractivity contribution is 0.393. The van der Waals surface area contributed by atoms with E-state index in [4.69, 9.17) is 9.26 Å². The average molecular weight is 457 g/mol. The second-order valence-corrected chi connectivity index (χ2v) is 9.53. The molecule has 174 valence electrons. The average Bonchev–Trinajstić information content (AvgIpc) is 3.47. The first kappa shape index (κ1) is 21.8. The molecule has 34 heavy (non-hydrogen) atoms. The van der Waals surface area contributed by atoms with Crippen molar-refractivity contribution in [2.75, 3.05) is 7.11 Å². The van der Waals surface area contributed by atoms with Crippen LogP contribution >= 0.6 is 0 Å². The summed E-state index contributed by atoms with van der Waals surface area (Å²) >= 11 is 0. The molecule has 0 saturated heterocycles. The third kappa shape index (κ3) is 3.27. The van der Waals surface area contributed by atoms with Crippen LogP contribution in [0, 0.1) is 13.8 Å². The lowest BCUT2D eigenvalue weighted by Crippen LogP contribution is -2.12. The van der Waals surface area contributed by atoms with Crippen molar-refractivity contribution in [3.8, 4) is 39.7 Å². The molecule has 7 heteroatoms. The van der Waals surface area contributed by atoms with Gasteiger partial charge in [-0.25, -0.2) is 0 Å². The van der Waals surface area contributed by atoms with E-state index in [1.807, 2.05) is 66.9 Å². The highest BCUT2D eigenvalue weighted by Gasteiger charge is 2.30. The number of benzene rings is 2. The number of aromatic amines is 1. The van der Waals surface area contributed by atoms with Crippen LogP contribution in [0.15, 0.2) is 53.1 Å². The minimum Gasteiger partial charge on any atom is -0.496 e. The number of hydrogen-bond acceptors (Lipinski definition) is 5. The zero-order valence-electron chi connectivity index (χ0n) is 20.2. The van der Waals surface area contributed by atoms with E-state index in [0.717, 1.165) is 56.4 Å². The van der Waals surface area contributed by atoms with E-state index in [1.54, 1.807) is 7.11 Å². The standard InChI is InChI=1S/C27H28N4O3/c1-15-21(16(2)34-30-15)17-11-13-18(14-12-17)31-24(19-9-7-8-10-20(19)33-6)22-23(26(31)32)28-29-25(22)27(3,4)5/h7-14,28,32H,1-6H3. The molecule has 0 saturated carbocycles. The molecule has 0 aliphatic heterocycles. The summed E-state index contributed by atoms with van der Waals surface area (Å²) in [6.45, 7) is 10.2. The summed E-state index contributed by atoms with van der Waals surface area (Å²) < 4.78 is 12.9. The van der Waals surface area contributed by atoms with Crippen LogP contribution in [0.1, 0.15) is 37.9 Å². The Kier molecular flexibility index (Phi) is 5.01. The Balaban J connectivity index is 1.80. The first-order valence-electron chi connectivity index (χ1n) is 11.2. The van der Waals surface area contributed by atoms with Gasteiger partial charge in [0, 0.05) is 22.2 Å². The van der Waals surface area contributed by atoms with Gasteiger partial charge in [0.15, 0.2) is 0 Å². The van der Waals surface area contributed by atoms with Gasteiger partial charge in [0.25, 0.3) is 0 Å². The van der Waals surface area contributed by atoms with Gasteiger partial charge in [-0.3, -0.25) is 9.67 Å². The number of aromatic hydroxyl groups is 1. The number of para-hydroxylation sites is 1. The number of fused-ring (bicyclic) bond motifs is 1. The van der Waals surface area contributed by atoms with Crippen LogP contribution in [0.5, 0.6) is 11.6 Å². The van der Waals surface area contributed by atoms with Crippen molar-refractivity contribution in [1.29, 1.82) is 0 Å². The minimum atomic E-state index is -0.235. The van der Waals surface area contributed by atoms with Gasteiger partial charge in [-0.1, -0.05) is 50.2 Å². The van der Waals surface area contributed by atoms with Crippen molar-refractivity contribution in [1.82, 2.24) is 19.9 Å². The fourth-order valence-electron chi connectivity index (χ4n) is 4.63. The van der Waals surface area contributed by atoms with Gasteiger partial charge in [-0.05, 0) is 43.7 Å². The molecule has 0 unspecified atom stereocenters. The van der Waals surface area contributed by atoms with Crippen LogP contribution in [0.25, 0.3) is 39.0 Å². The van der Waals surface area contributed by atoms with E-state index < -0.39 is 0 Å². The van der Waals surface area contributed by atoms with Crippen molar-refractivity contribution >= 4 is 10.9 Å². The van der Waals surface area contributed by atoms with E-state index in [1.165, 1.54) is 0 Å². The lowest BCUT2D eigenvalue weighted by atomic mass is 9.89. The number of H-pyrrole nitrogens is 1. The van der Waals surface area contributed by atoms with Crippen molar-refractivity contribution in [2.45, 2.75) is 40.0 Å². The normalized spacial score (nSPS) is 11.9. The molecule has 2 N–H and O–H groups in total. The fourth-order valence-corrected chi connectivity index (χ4v) is 4.63. The first-order chi connectivity index (χ1) is 16.2. The van der Waals surface area contributed by atoms with Crippen LogP contribution in [0.2, 0.25) is 0 Å². The highest BCUT2D eigenvalue weighted by Crippen LogP contribution is 2.46. The monoisotopic (exact) mass is 456 g/mol. The van der Waals surface area contributed by atoms with Gasteiger partial charge in [-0.15, -0.1) is 0 Å². The van der Waals surface area contributed by atoms with Gasteiger partial charge < -0.3 is 14.4 Å². The van der Waals surface area contributed by atoms with E-state index in [2.05, 4.69) is 36.1 Å². The zero-order valence-corrected chi connectivity index (χ0v) is 20.2. The molecule has 0 aliphatic rings. The summed E-state index contributed by atoms with van der Waals surface area (Å²) in [5.74, 6) is 1.60. The molecule has 2 aromatic carbocycles. The van der Waals surface area contributed by atoms with Gasteiger partial charge in [0.05, 0.1) is 29.6 Å². The first-order valence-corrected chi connectivity index (χ1v) is 11.2. The molecule has 5 rings (SSSR count). The molecule has 0 fully saturated rings. The summed E-state index contributed by atoms with van der Waals surface area (Å²) in [6.07, 6.45) is 0. The van der Waals surface area contributed by atoms with E-state index in [-0.39, 0.29) is 11.3 Å². The summed E-state index contributed by atoms with van der Waals surface area (Å²) in [7, 11) is 1.65. The second-order valence-electron chi connectivity index (χ2n) is 9.53. The molecule has 7 nitrogen and oxygen atoms in total. The Morgan fingerprint density at radius 2 is 1.74 bits per heavy atom. The molecule has 0 spiro atoms. The Bertz CT molecular complexity index is 1480. The highest BCUT2D eigenvalue weighted by atomic mass is 16.5. The van der Waals surface area contributed by atoms with E-state index in [0.29, 0.717) is 5.52 Å². The Morgan fingerprint density at radius 3 is 2.35 bits per heavy atom. The predicted octanol–water partition coefficient (Wildman–Crippen LogP) is 6.30. The summed E-state index contributed by atoms with van der Waals surface area (Å²) in [4.78, 5) is 0. The van der Waals surface area contributed by atoms with E-state index in [9.17, 15) is 5.11 Å². The van der Waals surface area contributed by atoms with Crippen molar-refractivity contribution < 1.29 is 14.4 Å². The number of nitrogens with zero attached hydrogens (tertiary/aromatic N) is 3. The summed E-state index contributed by atoms with van der Waals surface area (Å²) in [5, 5.41) is 24.0. The number of nitrogens with one attached hydrogen (secondary N) is 1. The van der Waals surface area contributed by atoms with E-state index >= 15 is 0 Å². The number of aromatic nitrogens is 4. The second kappa shape index (κ2) is 7.80. The maximum absolute atomic E-state index is 11.4. The lowest BCUT2D eigenvalue weighted by Gasteiger charge is -2.18. The third-order valence-corrected chi connectivity index (χ3v) is 6.18. The largest absolute Gasteiger partial charge is 0.496 e.